The van der Waals surface area contributed by atoms with Crippen LogP contribution in [-0.4, -0.2) is 19.6 Å². The molecule has 5 nitrogen and oxygen atoms in total. The lowest BCUT2D eigenvalue weighted by Gasteiger charge is -2.23. The van der Waals surface area contributed by atoms with Gasteiger partial charge >= 0.3 is 6.18 Å². The molecule has 0 spiro atoms. The number of halogens is 4. The molecule has 0 saturated heterocycles. The third-order valence-electron chi connectivity index (χ3n) is 3.98. The van der Waals surface area contributed by atoms with Gasteiger partial charge in [0, 0.05) is 10.6 Å². The summed E-state index contributed by atoms with van der Waals surface area (Å²) >= 11 is 6.87. The maximum Gasteiger partial charge on any atom is 0.417 e. The Kier molecular flexibility index (Phi) is 5.57. The number of hydrogen-bond donors (Lipinski definition) is 2. The molecule has 1 heterocycles. The van der Waals surface area contributed by atoms with E-state index in [9.17, 15) is 26.4 Å². The lowest BCUT2D eigenvalue weighted by molar-refractivity contribution is -0.137. The fourth-order valence-electron chi connectivity index (χ4n) is 2.59. The molecule has 0 bridgehead atoms. The lowest BCUT2D eigenvalue weighted by atomic mass is 10.2. The van der Waals surface area contributed by atoms with Crippen molar-refractivity contribution < 1.29 is 26.4 Å². The number of alkyl halides is 3. The molecule has 1 aliphatic rings. The van der Waals surface area contributed by atoms with E-state index < -0.39 is 26.8 Å². The molecule has 0 unspecified atom stereocenters. The van der Waals surface area contributed by atoms with Crippen molar-refractivity contribution in [1.82, 2.24) is 0 Å². The second kappa shape index (κ2) is 7.49. The molecule has 0 saturated carbocycles. The van der Waals surface area contributed by atoms with Crippen LogP contribution in [0, 0.1) is 0 Å². The van der Waals surface area contributed by atoms with Crippen LogP contribution in [0.2, 0.25) is 5.02 Å². The Hall–Kier alpha value is -1.91. The number of nitrogens with one attached hydrogen (secondary N) is 2. The first-order valence-corrected chi connectivity index (χ1v) is 10.8. The van der Waals surface area contributed by atoms with E-state index in [1.54, 1.807) is 6.07 Å². The molecule has 1 amide bonds. The molecule has 0 aromatic heterocycles. The van der Waals surface area contributed by atoms with Crippen LogP contribution in [0.15, 0.2) is 46.2 Å². The second-order valence-electron chi connectivity index (χ2n) is 5.96. The summed E-state index contributed by atoms with van der Waals surface area (Å²) in [5.41, 5.74) is -1.08. The number of anilines is 2. The molecule has 2 aromatic carbocycles. The normalized spacial score (nSPS) is 17.0. The fraction of sp³-hybridized carbons (Fsp3) is 0.235. The highest BCUT2D eigenvalue weighted by molar-refractivity contribution is 8.01. The maximum absolute atomic E-state index is 13.0. The van der Waals surface area contributed by atoms with E-state index in [4.69, 9.17) is 11.6 Å². The van der Waals surface area contributed by atoms with Gasteiger partial charge in [-0.15, -0.1) is 11.8 Å². The number of amides is 1. The van der Waals surface area contributed by atoms with E-state index in [1.807, 2.05) is 6.92 Å². The van der Waals surface area contributed by atoms with Gasteiger partial charge < -0.3 is 5.32 Å². The summed E-state index contributed by atoms with van der Waals surface area (Å²) < 4.78 is 66.2. The number of thioether (sulfide) groups is 1. The maximum atomic E-state index is 13.0. The third kappa shape index (κ3) is 4.23. The number of rotatable bonds is 4. The van der Waals surface area contributed by atoms with Gasteiger partial charge in [0.25, 0.3) is 10.0 Å². The minimum Gasteiger partial charge on any atom is -0.324 e. The van der Waals surface area contributed by atoms with Crippen LogP contribution in [0.4, 0.5) is 24.5 Å². The largest absolute Gasteiger partial charge is 0.417 e. The summed E-state index contributed by atoms with van der Waals surface area (Å²) in [7, 11) is -4.18. The summed E-state index contributed by atoms with van der Waals surface area (Å²) in [6.45, 7) is 1.87. The van der Waals surface area contributed by atoms with Crippen LogP contribution < -0.4 is 10.0 Å². The van der Waals surface area contributed by atoms with Gasteiger partial charge in [-0.05, 0) is 42.8 Å². The number of sulfonamides is 1. The first-order chi connectivity index (χ1) is 13.0. The summed E-state index contributed by atoms with van der Waals surface area (Å²) in [5, 5.41) is 1.86. The summed E-state index contributed by atoms with van der Waals surface area (Å²) in [4.78, 5) is 12.5. The summed E-state index contributed by atoms with van der Waals surface area (Å²) in [5.74, 6) is -0.227. The molecular weight excluding hydrogens is 437 g/mol. The van der Waals surface area contributed by atoms with Crippen molar-refractivity contribution in [2.75, 3.05) is 10.0 Å². The van der Waals surface area contributed by atoms with Crippen molar-refractivity contribution in [3.05, 3.63) is 47.0 Å². The van der Waals surface area contributed by atoms with E-state index in [1.165, 1.54) is 23.9 Å². The molecule has 3 rings (SSSR count). The van der Waals surface area contributed by atoms with Crippen molar-refractivity contribution in [2.45, 2.75) is 34.6 Å². The van der Waals surface area contributed by atoms with Gasteiger partial charge in [-0.25, -0.2) is 8.42 Å². The predicted molar refractivity (Wildman–Crippen MR) is 102 cm³/mol. The standard InChI is InChI=1S/C17H14ClF3N2O3S2/c1-2-14-16(24)22-13-8-10(4-6-15(13)27-14)28(25,26)23-9-3-5-12(18)11(7-9)17(19,20)21/h3-8,14,23H,2H2,1H3,(H,22,24)/t14-/m1/s1. The molecule has 150 valence electrons. The van der Waals surface area contributed by atoms with Gasteiger partial charge in [0.05, 0.1) is 26.4 Å². The zero-order chi connectivity index (χ0) is 20.7. The quantitative estimate of drug-likeness (QED) is 0.688. The molecule has 28 heavy (non-hydrogen) atoms. The summed E-state index contributed by atoms with van der Waals surface area (Å²) in [6.07, 6.45) is -4.10. The third-order valence-corrected chi connectivity index (χ3v) is 7.13. The van der Waals surface area contributed by atoms with Gasteiger partial charge in [0.2, 0.25) is 5.91 Å². The second-order valence-corrected chi connectivity index (χ2v) is 9.29. The molecule has 2 N–H and O–H groups in total. The first kappa shape index (κ1) is 20.8. The molecule has 2 aromatic rings. The number of hydrogen-bond acceptors (Lipinski definition) is 4. The molecule has 0 radical (unpaired) electrons. The van der Waals surface area contributed by atoms with Gasteiger partial charge in [-0.3, -0.25) is 9.52 Å². The highest BCUT2D eigenvalue weighted by atomic mass is 35.5. The molecule has 1 atom stereocenters. The Balaban J connectivity index is 1.91. The van der Waals surface area contributed by atoms with Crippen LogP contribution in [0.3, 0.4) is 0 Å². The van der Waals surface area contributed by atoms with Crippen molar-refractivity contribution in [3.8, 4) is 0 Å². The Bertz CT molecular complexity index is 1040. The Morgan fingerprint density at radius 2 is 1.93 bits per heavy atom. The minimum absolute atomic E-state index is 0.189. The van der Waals surface area contributed by atoms with Gasteiger partial charge in [-0.2, -0.15) is 13.2 Å². The topological polar surface area (TPSA) is 75.3 Å². The number of carbonyl (C=O) groups is 1. The molecule has 1 aliphatic heterocycles. The number of carbonyl (C=O) groups excluding carboxylic acids is 1. The Labute approximate surface area is 168 Å². The monoisotopic (exact) mass is 450 g/mol. The van der Waals surface area contributed by atoms with E-state index in [0.717, 1.165) is 17.0 Å². The lowest BCUT2D eigenvalue weighted by Crippen LogP contribution is -2.28. The smallest absolute Gasteiger partial charge is 0.324 e. The van der Waals surface area contributed by atoms with Gasteiger partial charge in [0.15, 0.2) is 0 Å². The number of benzene rings is 2. The Morgan fingerprint density at radius 1 is 1.21 bits per heavy atom. The van der Waals surface area contributed by atoms with Crippen molar-refractivity contribution in [1.29, 1.82) is 0 Å². The van der Waals surface area contributed by atoms with E-state index in [2.05, 4.69) is 10.0 Å². The van der Waals surface area contributed by atoms with E-state index in [0.29, 0.717) is 18.2 Å². The van der Waals surface area contributed by atoms with E-state index in [-0.39, 0.29) is 21.7 Å². The average molecular weight is 451 g/mol. The minimum atomic E-state index is -4.72. The molecule has 0 aliphatic carbocycles. The zero-order valence-corrected chi connectivity index (χ0v) is 16.7. The van der Waals surface area contributed by atoms with Gasteiger partial charge in [-0.1, -0.05) is 18.5 Å². The highest BCUT2D eigenvalue weighted by Gasteiger charge is 2.34. The number of fused-ring (bicyclic) bond motifs is 1. The van der Waals surface area contributed by atoms with Crippen LogP contribution in [0.1, 0.15) is 18.9 Å². The van der Waals surface area contributed by atoms with Crippen LogP contribution in [0.5, 0.6) is 0 Å². The molecule has 11 heteroatoms. The SMILES string of the molecule is CC[C@H]1Sc2ccc(S(=O)(=O)Nc3ccc(Cl)c(C(F)(F)F)c3)cc2NC1=O. The fourth-order valence-corrected chi connectivity index (χ4v) is 4.91. The van der Waals surface area contributed by atoms with E-state index >= 15 is 0 Å². The Morgan fingerprint density at radius 3 is 2.57 bits per heavy atom. The van der Waals surface area contributed by atoms with Crippen molar-refractivity contribution in [3.63, 3.8) is 0 Å². The highest BCUT2D eigenvalue weighted by Crippen LogP contribution is 2.39. The van der Waals surface area contributed by atoms with Crippen molar-refractivity contribution >= 4 is 50.7 Å². The van der Waals surface area contributed by atoms with Crippen LogP contribution in [0.25, 0.3) is 0 Å². The molecule has 0 fully saturated rings. The zero-order valence-electron chi connectivity index (χ0n) is 14.3. The molecular formula is C17H14ClF3N2O3S2. The van der Waals surface area contributed by atoms with Crippen LogP contribution >= 0.6 is 23.4 Å². The predicted octanol–water partition coefficient (Wildman–Crippen LogP) is 4.98. The van der Waals surface area contributed by atoms with Gasteiger partial charge in [0.1, 0.15) is 0 Å². The summed E-state index contributed by atoms with van der Waals surface area (Å²) in [6, 6.07) is 6.89. The average Bonchev–Trinajstić information content (AvgIpc) is 2.61. The van der Waals surface area contributed by atoms with Crippen molar-refractivity contribution in [2.24, 2.45) is 0 Å². The van der Waals surface area contributed by atoms with Crippen LogP contribution in [-0.2, 0) is 21.0 Å². The first-order valence-electron chi connectivity index (χ1n) is 8.02.